The molecule has 4 rings (SSSR count). The number of nitrogens with one attached hydrogen (secondary N) is 1. The molecule has 44 heavy (non-hydrogen) atoms. The lowest BCUT2D eigenvalue weighted by atomic mass is 10.0. The Balaban J connectivity index is 1.78. The number of halogens is 1. The molecule has 8 nitrogen and oxygen atoms in total. The molecule has 0 saturated heterocycles. The Bertz CT molecular complexity index is 1630. The van der Waals surface area contributed by atoms with E-state index < -0.39 is 40.2 Å². The third kappa shape index (κ3) is 8.02. The summed E-state index contributed by atoms with van der Waals surface area (Å²) in [5.74, 6) is -1.14. The number of anilines is 1. The molecule has 0 spiro atoms. The number of nitrogens with zero attached hydrogens (tertiary/aromatic N) is 2. The van der Waals surface area contributed by atoms with E-state index in [9.17, 15) is 22.4 Å². The van der Waals surface area contributed by atoms with Crippen LogP contribution in [0.3, 0.4) is 0 Å². The first-order valence-electron chi connectivity index (χ1n) is 14.3. The predicted molar refractivity (Wildman–Crippen MR) is 168 cm³/mol. The Hall–Kier alpha value is -4.70. The van der Waals surface area contributed by atoms with Gasteiger partial charge in [0.1, 0.15) is 24.2 Å². The Labute approximate surface area is 258 Å². The van der Waals surface area contributed by atoms with Gasteiger partial charge in [-0.25, -0.2) is 12.8 Å². The molecule has 0 saturated carbocycles. The highest BCUT2D eigenvalue weighted by Gasteiger charge is 2.34. The first kappa shape index (κ1) is 32.2. The maximum absolute atomic E-state index is 15.0. The standard InChI is InChI=1S/C34H36FN3O5S/c1-3-22-36-34(40)32(23-26-12-6-4-7-13-26)37(24-27-14-10-11-17-31(27)35)33(39)25-38(28-15-8-5-9-16-28)44(41,42)30-20-18-29(43-2)19-21-30/h4-21,32H,3,22-25H2,1-2H3,(H,36,40). The Morgan fingerprint density at radius 3 is 2.09 bits per heavy atom. The van der Waals surface area contributed by atoms with Gasteiger partial charge in [-0.05, 0) is 54.4 Å². The molecule has 2 amide bonds. The van der Waals surface area contributed by atoms with Gasteiger partial charge in [0.25, 0.3) is 10.0 Å². The van der Waals surface area contributed by atoms with Crippen LogP contribution in [0.4, 0.5) is 10.1 Å². The van der Waals surface area contributed by atoms with E-state index in [2.05, 4.69) is 5.32 Å². The average molecular weight is 618 g/mol. The van der Waals surface area contributed by atoms with Gasteiger partial charge in [-0.2, -0.15) is 0 Å². The highest BCUT2D eigenvalue weighted by molar-refractivity contribution is 7.92. The molecule has 0 radical (unpaired) electrons. The minimum atomic E-state index is -4.25. The molecule has 0 aliphatic heterocycles. The maximum atomic E-state index is 15.0. The lowest BCUT2D eigenvalue weighted by molar-refractivity contribution is -0.140. The van der Waals surface area contributed by atoms with Crippen molar-refractivity contribution < 1.29 is 27.1 Å². The molecule has 0 aliphatic rings. The average Bonchev–Trinajstić information content (AvgIpc) is 3.05. The maximum Gasteiger partial charge on any atom is 0.264 e. The number of methoxy groups -OCH3 is 1. The molecule has 230 valence electrons. The van der Waals surface area contributed by atoms with Crippen molar-refractivity contribution >= 4 is 27.5 Å². The van der Waals surface area contributed by atoms with Crippen LogP contribution in [0.15, 0.2) is 114 Å². The van der Waals surface area contributed by atoms with E-state index >= 15 is 0 Å². The largest absolute Gasteiger partial charge is 0.497 e. The topological polar surface area (TPSA) is 96.0 Å². The second-order valence-corrected chi connectivity index (χ2v) is 12.0. The quantitative estimate of drug-likeness (QED) is 0.210. The van der Waals surface area contributed by atoms with Crippen LogP contribution in [0.5, 0.6) is 5.75 Å². The zero-order valence-corrected chi connectivity index (χ0v) is 25.5. The van der Waals surface area contributed by atoms with Gasteiger partial charge in [-0.3, -0.25) is 13.9 Å². The molecule has 0 bridgehead atoms. The molecule has 4 aromatic rings. The molecule has 1 N–H and O–H groups in total. The van der Waals surface area contributed by atoms with Crippen LogP contribution < -0.4 is 14.4 Å². The summed E-state index contributed by atoms with van der Waals surface area (Å²) in [5.41, 5.74) is 1.25. The number of ether oxygens (including phenoxy) is 1. The fraction of sp³-hybridized carbons (Fsp3) is 0.235. The Kier molecular flexibility index (Phi) is 11.1. The van der Waals surface area contributed by atoms with Gasteiger partial charge >= 0.3 is 0 Å². The van der Waals surface area contributed by atoms with E-state index in [4.69, 9.17) is 4.74 Å². The molecular weight excluding hydrogens is 581 g/mol. The van der Waals surface area contributed by atoms with Gasteiger partial charge in [0.05, 0.1) is 17.7 Å². The van der Waals surface area contributed by atoms with Crippen molar-refractivity contribution in [1.82, 2.24) is 10.2 Å². The summed E-state index contributed by atoms with van der Waals surface area (Å²) in [6.45, 7) is 1.43. The molecule has 4 aromatic carbocycles. The molecule has 1 atom stereocenters. The van der Waals surface area contributed by atoms with Crippen LogP contribution in [-0.4, -0.2) is 51.4 Å². The first-order valence-corrected chi connectivity index (χ1v) is 15.7. The van der Waals surface area contributed by atoms with Gasteiger partial charge in [0.15, 0.2) is 0 Å². The van der Waals surface area contributed by atoms with Gasteiger partial charge < -0.3 is 15.0 Å². The number of sulfonamides is 1. The number of benzene rings is 4. The molecule has 0 heterocycles. The second-order valence-electron chi connectivity index (χ2n) is 10.1. The van der Waals surface area contributed by atoms with Crippen LogP contribution in [0.25, 0.3) is 0 Å². The zero-order valence-electron chi connectivity index (χ0n) is 24.7. The minimum Gasteiger partial charge on any atom is -0.497 e. The first-order chi connectivity index (χ1) is 21.2. The number of carbonyl (C=O) groups is 2. The highest BCUT2D eigenvalue weighted by Crippen LogP contribution is 2.26. The molecular formula is C34H36FN3O5S. The SMILES string of the molecule is CCCNC(=O)C(Cc1ccccc1)N(Cc1ccccc1F)C(=O)CN(c1ccccc1)S(=O)(=O)c1ccc(OC)cc1. The summed E-state index contributed by atoms with van der Waals surface area (Å²) in [6, 6.07) is 28.3. The fourth-order valence-corrected chi connectivity index (χ4v) is 6.14. The van der Waals surface area contributed by atoms with E-state index in [0.29, 0.717) is 18.7 Å². The summed E-state index contributed by atoms with van der Waals surface area (Å²) < 4.78 is 49.2. The molecule has 0 fully saturated rings. The normalized spacial score (nSPS) is 11.8. The zero-order chi connectivity index (χ0) is 31.5. The van der Waals surface area contributed by atoms with Crippen molar-refractivity contribution in [2.75, 3.05) is 24.5 Å². The number of amides is 2. The monoisotopic (exact) mass is 617 g/mol. The molecule has 0 aromatic heterocycles. The summed E-state index contributed by atoms with van der Waals surface area (Å²) in [5, 5.41) is 2.87. The van der Waals surface area contributed by atoms with Gasteiger partial charge in [-0.15, -0.1) is 0 Å². The molecule has 0 aliphatic carbocycles. The smallest absolute Gasteiger partial charge is 0.264 e. The van der Waals surface area contributed by atoms with Crippen molar-refractivity contribution in [1.29, 1.82) is 0 Å². The van der Waals surface area contributed by atoms with E-state index in [1.54, 1.807) is 48.5 Å². The third-order valence-corrected chi connectivity index (χ3v) is 8.88. The Morgan fingerprint density at radius 2 is 1.48 bits per heavy atom. The predicted octanol–water partition coefficient (Wildman–Crippen LogP) is 5.20. The summed E-state index contributed by atoms with van der Waals surface area (Å²) in [6.07, 6.45) is 0.820. The molecule has 1 unspecified atom stereocenters. The number of hydrogen-bond acceptors (Lipinski definition) is 5. The van der Waals surface area contributed by atoms with Crippen LogP contribution in [0, 0.1) is 5.82 Å². The molecule has 10 heteroatoms. The minimum absolute atomic E-state index is 0.0443. The lowest BCUT2D eigenvalue weighted by Crippen LogP contribution is -2.53. The summed E-state index contributed by atoms with van der Waals surface area (Å²) >= 11 is 0. The van der Waals surface area contributed by atoms with Crippen LogP contribution in [-0.2, 0) is 32.6 Å². The van der Waals surface area contributed by atoms with Gasteiger partial charge in [0, 0.05) is 25.1 Å². The van der Waals surface area contributed by atoms with E-state index in [1.807, 2.05) is 37.3 Å². The number of rotatable bonds is 14. The number of carbonyl (C=O) groups excluding carboxylic acids is 2. The van der Waals surface area contributed by atoms with E-state index in [1.165, 1.54) is 42.3 Å². The summed E-state index contributed by atoms with van der Waals surface area (Å²) in [7, 11) is -2.77. The van der Waals surface area contributed by atoms with Crippen molar-refractivity contribution in [3.8, 4) is 5.75 Å². The van der Waals surface area contributed by atoms with Crippen molar-refractivity contribution in [2.45, 2.75) is 37.2 Å². The van der Waals surface area contributed by atoms with Gasteiger partial charge in [-0.1, -0.05) is 73.7 Å². The van der Waals surface area contributed by atoms with Crippen molar-refractivity contribution in [3.05, 3.63) is 126 Å². The second kappa shape index (κ2) is 15.2. The van der Waals surface area contributed by atoms with E-state index in [-0.39, 0.29) is 29.1 Å². The number of para-hydroxylation sites is 1. The lowest BCUT2D eigenvalue weighted by Gasteiger charge is -2.34. The van der Waals surface area contributed by atoms with Crippen LogP contribution in [0.1, 0.15) is 24.5 Å². The number of hydrogen-bond donors (Lipinski definition) is 1. The highest BCUT2D eigenvalue weighted by atomic mass is 32.2. The third-order valence-electron chi connectivity index (χ3n) is 7.09. The van der Waals surface area contributed by atoms with Crippen molar-refractivity contribution in [2.24, 2.45) is 0 Å². The van der Waals surface area contributed by atoms with E-state index in [0.717, 1.165) is 9.87 Å². The van der Waals surface area contributed by atoms with Crippen LogP contribution >= 0.6 is 0 Å². The Morgan fingerprint density at radius 1 is 0.864 bits per heavy atom. The van der Waals surface area contributed by atoms with Gasteiger partial charge in [0.2, 0.25) is 11.8 Å². The van der Waals surface area contributed by atoms with Crippen LogP contribution in [0.2, 0.25) is 0 Å². The van der Waals surface area contributed by atoms with Crippen molar-refractivity contribution in [3.63, 3.8) is 0 Å². The summed E-state index contributed by atoms with van der Waals surface area (Å²) in [4.78, 5) is 29.2. The fourth-order valence-electron chi connectivity index (χ4n) is 4.73.